The summed E-state index contributed by atoms with van der Waals surface area (Å²) >= 11 is 0.874. The first kappa shape index (κ1) is 19.9. The number of hydrogen-bond donors (Lipinski definition) is 2. The monoisotopic (exact) mass is 365 g/mol. The third kappa shape index (κ3) is 5.77. The third-order valence-corrected chi connectivity index (χ3v) is 4.00. The van der Waals surface area contributed by atoms with E-state index >= 15 is 0 Å². The zero-order valence-electron chi connectivity index (χ0n) is 13.4. The molecule has 0 saturated heterocycles. The van der Waals surface area contributed by atoms with E-state index < -0.39 is 21.2 Å². The lowest BCUT2D eigenvalue weighted by molar-refractivity contribution is -0.396. The summed E-state index contributed by atoms with van der Waals surface area (Å²) in [5, 5.41) is 34.2. The summed E-state index contributed by atoms with van der Waals surface area (Å²) in [5.74, 6) is -0.572. The second-order valence-electron chi connectivity index (χ2n) is 4.71. The van der Waals surface area contributed by atoms with Crippen LogP contribution in [0.15, 0.2) is 58.2 Å². The zero-order valence-corrected chi connectivity index (χ0v) is 14.2. The van der Waals surface area contributed by atoms with Crippen molar-refractivity contribution >= 4 is 29.0 Å². The molecule has 0 fully saturated rings. The number of thioether (sulfide) groups is 1. The molecule has 0 heterocycles. The molecule has 0 aliphatic carbocycles. The molecule has 10 heteroatoms. The molecule has 0 atom stereocenters. The fraction of sp³-hybridized carbons (Fsp3) is 0.133. The number of aliphatic hydroxyl groups is 1. The molecule has 0 unspecified atom stereocenters. The van der Waals surface area contributed by atoms with E-state index in [0.29, 0.717) is 10.6 Å². The molecule has 0 radical (unpaired) electrons. The Bertz CT molecular complexity index is 800. The summed E-state index contributed by atoms with van der Waals surface area (Å²) in [6.45, 7) is 6.24. The van der Waals surface area contributed by atoms with E-state index in [1.165, 1.54) is 19.1 Å². The molecule has 1 aromatic carbocycles. The molecular weight excluding hydrogens is 350 g/mol. The fourth-order valence-corrected chi connectivity index (χ4v) is 2.69. The summed E-state index contributed by atoms with van der Waals surface area (Å²) in [6.07, 6.45) is 2.43. The number of nitro groups is 2. The van der Waals surface area contributed by atoms with E-state index in [4.69, 9.17) is 0 Å². The Morgan fingerprint density at radius 2 is 1.92 bits per heavy atom. The van der Waals surface area contributed by atoms with Gasteiger partial charge >= 0.3 is 0 Å². The number of allylic oxidation sites excluding steroid dienone is 3. The van der Waals surface area contributed by atoms with Crippen molar-refractivity contribution in [2.45, 2.75) is 18.7 Å². The molecule has 9 nitrogen and oxygen atoms in total. The first-order valence-electron chi connectivity index (χ1n) is 6.78. The van der Waals surface area contributed by atoms with Gasteiger partial charge in [0.1, 0.15) is 5.76 Å². The van der Waals surface area contributed by atoms with Gasteiger partial charge in [-0.25, -0.2) is 0 Å². The lowest BCUT2D eigenvalue weighted by Gasteiger charge is -2.10. The summed E-state index contributed by atoms with van der Waals surface area (Å²) in [4.78, 5) is 32.2. The van der Waals surface area contributed by atoms with Gasteiger partial charge in [0.05, 0.1) is 20.8 Å². The number of non-ortho nitro benzene ring substituents is 1. The summed E-state index contributed by atoms with van der Waals surface area (Å²) in [5.41, 5.74) is -0.526. The summed E-state index contributed by atoms with van der Waals surface area (Å²) in [7, 11) is 0. The molecule has 0 aromatic heterocycles. The number of carbonyl (C=O) groups excluding carboxylic acids is 1. The van der Waals surface area contributed by atoms with Gasteiger partial charge < -0.3 is 10.4 Å². The molecular formula is C15H15N3O6S. The van der Waals surface area contributed by atoms with Crippen LogP contribution in [0.4, 0.5) is 11.4 Å². The smallest absolute Gasteiger partial charge is 0.290 e. The van der Waals surface area contributed by atoms with Gasteiger partial charge in [-0.2, -0.15) is 0 Å². The predicted molar refractivity (Wildman–Crippen MR) is 93.0 cm³/mol. The average molecular weight is 365 g/mol. The first-order chi connectivity index (χ1) is 11.6. The van der Waals surface area contributed by atoms with Crippen LogP contribution in [0.1, 0.15) is 13.8 Å². The van der Waals surface area contributed by atoms with Crippen LogP contribution < -0.4 is 5.32 Å². The number of carbonyl (C=O) groups is 1. The number of rotatable bonds is 7. The van der Waals surface area contributed by atoms with Crippen LogP contribution in [0.5, 0.6) is 0 Å². The van der Waals surface area contributed by atoms with Crippen molar-refractivity contribution < 1.29 is 19.7 Å². The minimum Gasteiger partial charge on any atom is -0.508 e. The van der Waals surface area contributed by atoms with E-state index in [-0.39, 0.29) is 16.6 Å². The number of nitro benzene ring substituents is 2. The highest BCUT2D eigenvalue weighted by molar-refractivity contribution is 8.03. The molecule has 1 rings (SSSR count). The van der Waals surface area contributed by atoms with Crippen molar-refractivity contribution in [3.05, 3.63) is 73.5 Å². The van der Waals surface area contributed by atoms with Crippen LogP contribution in [0.3, 0.4) is 0 Å². The largest absolute Gasteiger partial charge is 0.508 e. The maximum Gasteiger partial charge on any atom is 0.290 e. The number of nitrogens with zero attached hydrogens (tertiary/aromatic N) is 2. The first-order valence-corrected chi connectivity index (χ1v) is 7.59. The molecule has 1 amide bonds. The van der Waals surface area contributed by atoms with E-state index in [1.54, 1.807) is 6.92 Å². The van der Waals surface area contributed by atoms with Gasteiger partial charge in [-0.1, -0.05) is 18.3 Å². The minimum absolute atomic E-state index is 0.114. The number of hydrogen-bond acceptors (Lipinski definition) is 7. The normalized spacial score (nSPS) is 12.2. The van der Waals surface area contributed by atoms with Crippen molar-refractivity contribution in [2.24, 2.45) is 0 Å². The Hall–Kier alpha value is -3.14. The highest BCUT2D eigenvalue weighted by Gasteiger charge is 2.21. The van der Waals surface area contributed by atoms with Crippen LogP contribution in [0.25, 0.3) is 0 Å². The van der Waals surface area contributed by atoms with Crippen molar-refractivity contribution in [3.8, 4) is 0 Å². The Morgan fingerprint density at radius 1 is 1.28 bits per heavy atom. The average Bonchev–Trinajstić information content (AvgIpc) is 2.53. The number of aliphatic hydroxyl groups excluding tert-OH is 1. The van der Waals surface area contributed by atoms with Crippen LogP contribution in [-0.4, -0.2) is 20.9 Å². The highest BCUT2D eigenvalue weighted by atomic mass is 32.2. The van der Waals surface area contributed by atoms with E-state index in [9.17, 15) is 30.1 Å². The topological polar surface area (TPSA) is 136 Å². The fourth-order valence-electron chi connectivity index (χ4n) is 1.70. The molecule has 0 spiro atoms. The zero-order chi connectivity index (χ0) is 19.1. The summed E-state index contributed by atoms with van der Waals surface area (Å²) < 4.78 is 0. The van der Waals surface area contributed by atoms with Crippen molar-refractivity contribution in [2.75, 3.05) is 0 Å². The van der Waals surface area contributed by atoms with E-state index in [1.807, 2.05) is 0 Å². The standard InChI is InChI=1S/C15H15N3O6S/c1-4-12(20)8-15(9(2)16-10(3)19)25-14-6-5-11(17(21)22)7-13(14)18(23)24/h4-8,20H,1H2,2-3H3,(H,16,19)/b12-8+,15-9-. The van der Waals surface area contributed by atoms with Gasteiger partial charge in [0.2, 0.25) is 5.91 Å². The van der Waals surface area contributed by atoms with Crippen LogP contribution >= 0.6 is 11.8 Å². The second-order valence-corrected chi connectivity index (χ2v) is 5.80. The molecule has 25 heavy (non-hydrogen) atoms. The Kier molecular flexibility index (Phi) is 6.88. The molecule has 2 N–H and O–H groups in total. The lowest BCUT2D eigenvalue weighted by Crippen LogP contribution is -2.18. The van der Waals surface area contributed by atoms with Crippen LogP contribution in [0, 0.1) is 20.2 Å². The van der Waals surface area contributed by atoms with E-state index in [2.05, 4.69) is 11.9 Å². The predicted octanol–water partition coefficient (Wildman–Crippen LogP) is 3.59. The van der Waals surface area contributed by atoms with Gasteiger partial charge in [-0.05, 0) is 25.1 Å². The second kappa shape index (κ2) is 8.64. The number of nitrogens with one attached hydrogen (secondary N) is 1. The van der Waals surface area contributed by atoms with Crippen molar-refractivity contribution in [1.82, 2.24) is 5.32 Å². The van der Waals surface area contributed by atoms with Crippen molar-refractivity contribution in [1.29, 1.82) is 0 Å². The highest BCUT2D eigenvalue weighted by Crippen LogP contribution is 2.38. The van der Waals surface area contributed by atoms with Gasteiger partial charge in [0, 0.05) is 23.6 Å². The van der Waals surface area contributed by atoms with Gasteiger partial charge in [0.25, 0.3) is 11.4 Å². The maximum atomic E-state index is 11.2. The lowest BCUT2D eigenvalue weighted by atomic mass is 10.3. The van der Waals surface area contributed by atoms with Crippen LogP contribution in [0.2, 0.25) is 0 Å². The Morgan fingerprint density at radius 3 is 2.40 bits per heavy atom. The SMILES string of the molecule is C=C/C(O)=C\C(Sc1ccc([N+](=O)[O-])cc1[N+](=O)[O-])=C(/C)NC(C)=O. The molecule has 0 saturated carbocycles. The Labute approximate surface area is 147 Å². The van der Waals surface area contributed by atoms with Gasteiger partial charge in [-0.15, -0.1) is 0 Å². The molecule has 132 valence electrons. The maximum absolute atomic E-state index is 11.2. The van der Waals surface area contributed by atoms with Crippen LogP contribution in [-0.2, 0) is 4.79 Å². The molecule has 0 bridgehead atoms. The quantitative estimate of drug-likeness (QED) is 0.248. The minimum atomic E-state index is -0.738. The van der Waals surface area contributed by atoms with Gasteiger partial charge in [-0.3, -0.25) is 25.0 Å². The van der Waals surface area contributed by atoms with Gasteiger partial charge in [0.15, 0.2) is 0 Å². The summed E-state index contributed by atoms with van der Waals surface area (Å²) in [6, 6.07) is 3.23. The third-order valence-electron chi connectivity index (χ3n) is 2.79. The molecule has 1 aromatic rings. The molecule has 0 aliphatic rings. The number of amides is 1. The Balaban J connectivity index is 3.42. The molecule has 0 aliphatic heterocycles. The van der Waals surface area contributed by atoms with E-state index in [0.717, 1.165) is 30.0 Å². The number of benzene rings is 1. The van der Waals surface area contributed by atoms with Crippen molar-refractivity contribution in [3.63, 3.8) is 0 Å².